The van der Waals surface area contributed by atoms with Crippen LogP contribution in [0.2, 0.25) is 0 Å². The molecule has 4 heteroatoms. The maximum absolute atomic E-state index is 10.9. The van der Waals surface area contributed by atoms with Crippen LogP contribution in [-0.2, 0) is 6.42 Å². The van der Waals surface area contributed by atoms with E-state index in [1.165, 1.54) is 32.1 Å². The third-order valence-electron chi connectivity index (χ3n) is 4.74. The van der Waals surface area contributed by atoms with Gasteiger partial charge in [-0.3, -0.25) is 10.1 Å². The first-order chi connectivity index (χ1) is 10.2. The highest BCUT2D eigenvalue weighted by atomic mass is 16.6. The number of hydrogen-bond donors (Lipinski definition) is 1. The maximum atomic E-state index is 10.9. The van der Waals surface area contributed by atoms with Crippen molar-refractivity contribution in [2.75, 3.05) is 13.1 Å². The number of nitrogens with zero attached hydrogens (tertiary/aromatic N) is 1. The lowest BCUT2D eigenvalue weighted by Crippen LogP contribution is -2.28. The summed E-state index contributed by atoms with van der Waals surface area (Å²) in [7, 11) is 0. The SMILES string of the molecule is CCC1CCC(CNCCc2ccccc2[N+](=O)[O-])CC1. The van der Waals surface area contributed by atoms with E-state index in [0.717, 1.165) is 36.9 Å². The van der Waals surface area contributed by atoms with Crippen LogP contribution < -0.4 is 5.32 Å². The van der Waals surface area contributed by atoms with Gasteiger partial charge in [0.2, 0.25) is 0 Å². The van der Waals surface area contributed by atoms with Gasteiger partial charge < -0.3 is 5.32 Å². The molecule has 0 atom stereocenters. The minimum absolute atomic E-state index is 0.239. The predicted molar refractivity (Wildman–Crippen MR) is 85.4 cm³/mol. The molecule has 0 aromatic heterocycles. The fraction of sp³-hybridized carbons (Fsp3) is 0.647. The Balaban J connectivity index is 1.70. The van der Waals surface area contributed by atoms with Crippen molar-refractivity contribution in [3.63, 3.8) is 0 Å². The summed E-state index contributed by atoms with van der Waals surface area (Å²) in [5.74, 6) is 1.73. The highest BCUT2D eigenvalue weighted by Crippen LogP contribution is 2.30. The van der Waals surface area contributed by atoms with E-state index in [2.05, 4.69) is 12.2 Å². The first-order valence-corrected chi connectivity index (χ1v) is 8.13. The van der Waals surface area contributed by atoms with Crippen molar-refractivity contribution in [2.24, 2.45) is 11.8 Å². The molecular weight excluding hydrogens is 264 g/mol. The average Bonchev–Trinajstić information content (AvgIpc) is 2.52. The van der Waals surface area contributed by atoms with Crippen LogP contribution in [0.25, 0.3) is 0 Å². The van der Waals surface area contributed by atoms with E-state index in [1.54, 1.807) is 12.1 Å². The van der Waals surface area contributed by atoms with Gasteiger partial charge in [0.25, 0.3) is 5.69 Å². The lowest BCUT2D eigenvalue weighted by Gasteiger charge is -2.27. The van der Waals surface area contributed by atoms with E-state index < -0.39 is 0 Å². The van der Waals surface area contributed by atoms with Gasteiger partial charge in [0.1, 0.15) is 0 Å². The Hall–Kier alpha value is -1.42. The molecule has 1 aliphatic carbocycles. The van der Waals surface area contributed by atoms with E-state index in [0.29, 0.717) is 0 Å². The molecular formula is C17H26N2O2. The summed E-state index contributed by atoms with van der Waals surface area (Å²) in [6.45, 7) is 4.16. The number of benzene rings is 1. The van der Waals surface area contributed by atoms with Crippen LogP contribution in [0.4, 0.5) is 5.69 Å². The van der Waals surface area contributed by atoms with E-state index in [9.17, 15) is 10.1 Å². The smallest absolute Gasteiger partial charge is 0.272 e. The standard InChI is InChI=1S/C17H26N2O2/c1-2-14-7-9-15(10-8-14)13-18-12-11-16-5-3-4-6-17(16)19(20)21/h3-6,14-15,18H,2,7-13H2,1H3. The maximum Gasteiger partial charge on any atom is 0.272 e. The predicted octanol–water partition coefficient (Wildman–Crippen LogP) is 3.94. The molecule has 1 saturated carbocycles. The molecule has 1 N–H and O–H groups in total. The van der Waals surface area contributed by atoms with Crippen LogP contribution in [0.1, 0.15) is 44.6 Å². The monoisotopic (exact) mass is 290 g/mol. The van der Waals surface area contributed by atoms with Crippen molar-refractivity contribution >= 4 is 5.69 Å². The summed E-state index contributed by atoms with van der Waals surface area (Å²) >= 11 is 0. The zero-order valence-corrected chi connectivity index (χ0v) is 12.9. The number of para-hydroxylation sites is 1. The molecule has 1 aliphatic rings. The summed E-state index contributed by atoms with van der Waals surface area (Å²) in [6, 6.07) is 7.03. The molecule has 0 saturated heterocycles. The molecule has 2 rings (SSSR count). The fourth-order valence-corrected chi connectivity index (χ4v) is 3.27. The molecule has 0 radical (unpaired) electrons. The molecule has 0 heterocycles. The minimum Gasteiger partial charge on any atom is -0.316 e. The van der Waals surface area contributed by atoms with Gasteiger partial charge in [0.05, 0.1) is 4.92 Å². The molecule has 4 nitrogen and oxygen atoms in total. The Labute approximate surface area is 127 Å². The average molecular weight is 290 g/mol. The van der Waals surface area contributed by atoms with Gasteiger partial charge in [0, 0.05) is 11.6 Å². The van der Waals surface area contributed by atoms with Gasteiger partial charge >= 0.3 is 0 Å². The van der Waals surface area contributed by atoms with E-state index in [4.69, 9.17) is 0 Å². The van der Waals surface area contributed by atoms with Crippen LogP contribution in [0.3, 0.4) is 0 Å². The van der Waals surface area contributed by atoms with Crippen LogP contribution in [0.5, 0.6) is 0 Å². The first kappa shape index (κ1) is 16.0. The largest absolute Gasteiger partial charge is 0.316 e. The third kappa shape index (κ3) is 4.81. The van der Waals surface area contributed by atoms with Crippen molar-refractivity contribution in [3.8, 4) is 0 Å². The van der Waals surface area contributed by atoms with Crippen molar-refractivity contribution < 1.29 is 4.92 Å². The normalized spacial score (nSPS) is 22.1. The number of nitrogens with one attached hydrogen (secondary N) is 1. The molecule has 0 amide bonds. The second-order valence-corrected chi connectivity index (χ2v) is 6.13. The van der Waals surface area contributed by atoms with Crippen molar-refractivity contribution in [1.29, 1.82) is 0 Å². The molecule has 0 unspecified atom stereocenters. The van der Waals surface area contributed by atoms with Crippen LogP contribution in [0, 0.1) is 22.0 Å². The summed E-state index contributed by atoms with van der Waals surface area (Å²) in [6.07, 6.45) is 7.44. The lowest BCUT2D eigenvalue weighted by atomic mass is 9.81. The highest BCUT2D eigenvalue weighted by molar-refractivity contribution is 5.39. The summed E-state index contributed by atoms with van der Waals surface area (Å²) < 4.78 is 0. The molecule has 0 bridgehead atoms. The molecule has 1 fully saturated rings. The quantitative estimate of drug-likeness (QED) is 0.470. The van der Waals surface area contributed by atoms with E-state index in [1.807, 2.05) is 12.1 Å². The summed E-state index contributed by atoms with van der Waals surface area (Å²) in [5, 5.41) is 14.4. The van der Waals surface area contributed by atoms with Crippen molar-refractivity contribution in [3.05, 3.63) is 39.9 Å². The Morgan fingerprint density at radius 1 is 1.19 bits per heavy atom. The van der Waals surface area contributed by atoms with Crippen LogP contribution in [-0.4, -0.2) is 18.0 Å². The van der Waals surface area contributed by atoms with Gasteiger partial charge in [-0.25, -0.2) is 0 Å². The Morgan fingerprint density at radius 2 is 1.86 bits per heavy atom. The summed E-state index contributed by atoms with van der Waals surface area (Å²) in [4.78, 5) is 10.7. The molecule has 0 aliphatic heterocycles. The third-order valence-corrected chi connectivity index (χ3v) is 4.74. The second-order valence-electron chi connectivity index (χ2n) is 6.13. The lowest BCUT2D eigenvalue weighted by molar-refractivity contribution is -0.385. The Morgan fingerprint density at radius 3 is 2.52 bits per heavy atom. The zero-order chi connectivity index (χ0) is 15.1. The van der Waals surface area contributed by atoms with E-state index >= 15 is 0 Å². The number of nitro groups is 1. The highest BCUT2D eigenvalue weighted by Gasteiger charge is 2.19. The van der Waals surface area contributed by atoms with Crippen LogP contribution >= 0.6 is 0 Å². The van der Waals surface area contributed by atoms with Gasteiger partial charge in [-0.05, 0) is 44.2 Å². The van der Waals surface area contributed by atoms with Gasteiger partial charge in [-0.2, -0.15) is 0 Å². The van der Waals surface area contributed by atoms with Crippen LogP contribution in [0.15, 0.2) is 24.3 Å². The zero-order valence-electron chi connectivity index (χ0n) is 12.9. The van der Waals surface area contributed by atoms with Gasteiger partial charge in [-0.15, -0.1) is 0 Å². The molecule has 1 aromatic carbocycles. The Kier molecular flexibility index (Phi) is 6.18. The van der Waals surface area contributed by atoms with Gasteiger partial charge in [-0.1, -0.05) is 44.4 Å². The number of rotatable bonds is 7. The molecule has 21 heavy (non-hydrogen) atoms. The fourth-order valence-electron chi connectivity index (χ4n) is 3.27. The molecule has 116 valence electrons. The number of hydrogen-bond acceptors (Lipinski definition) is 3. The molecule has 1 aromatic rings. The van der Waals surface area contributed by atoms with Crippen molar-refractivity contribution in [2.45, 2.75) is 45.4 Å². The number of nitro benzene ring substituents is 1. The molecule has 0 spiro atoms. The van der Waals surface area contributed by atoms with E-state index in [-0.39, 0.29) is 10.6 Å². The van der Waals surface area contributed by atoms with Gasteiger partial charge in [0.15, 0.2) is 0 Å². The topological polar surface area (TPSA) is 55.2 Å². The second kappa shape index (κ2) is 8.13. The first-order valence-electron chi connectivity index (χ1n) is 8.13. The summed E-state index contributed by atoms with van der Waals surface area (Å²) in [5.41, 5.74) is 1.06. The van der Waals surface area contributed by atoms with Crippen molar-refractivity contribution in [1.82, 2.24) is 5.32 Å². The Bertz CT molecular complexity index is 454. The minimum atomic E-state index is -0.290.